The number of oxime groups is 1. The molecule has 0 radical (unpaired) electrons. The Hall–Kier alpha value is -2.55. The normalized spacial score (nSPS) is 17.0. The molecule has 1 aliphatic rings. The summed E-state index contributed by atoms with van der Waals surface area (Å²) in [6, 6.07) is 10.9. The fourth-order valence-electron chi connectivity index (χ4n) is 3.75. The predicted octanol–water partition coefficient (Wildman–Crippen LogP) is 3.57. The molecule has 2 aromatic rings. The van der Waals surface area contributed by atoms with Gasteiger partial charge in [-0.15, -0.1) is 0 Å². The Labute approximate surface area is 176 Å². The Bertz CT molecular complexity index is 1080. The molecule has 0 aromatic heterocycles. The quantitative estimate of drug-likeness (QED) is 0.325. The fourth-order valence-corrected chi connectivity index (χ4v) is 5.08. The number of carbonyl (C=O) groups is 1. The summed E-state index contributed by atoms with van der Waals surface area (Å²) in [7, 11) is -2.26. The van der Waals surface area contributed by atoms with E-state index >= 15 is 0 Å². The minimum absolute atomic E-state index is 0.00205. The van der Waals surface area contributed by atoms with Gasteiger partial charge in [0.2, 0.25) is 9.84 Å². The van der Waals surface area contributed by atoms with Crippen molar-refractivity contribution in [3.8, 4) is 0 Å². The Morgan fingerprint density at radius 2 is 1.73 bits per heavy atom. The molecule has 0 atom stereocenters. The molecular weight excluding hydrogens is 406 g/mol. The van der Waals surface area contributed by atoms with Crippen LogP contribution in [-0.2, 0) is 24.9 Å². The standard InChI is InChI=1S/C22H25NO6S/c1-15(23-25)20-8-7-19(14-21(20)16(2)24)30(26,27)18-6-4-5-17(13-18)22(28-3)9-11-29-12-10-22/h4-8,13-14,25H,9-12H2,1-3H3/b23-15+. The van der Waals surface area contributed by atoms with Gasteiger partial charge in [-0.25, -0.2) is 8.42 Å². The van der Waals surface area contributed by atoms with Crippen molar-refractivity contribution >= 4 is 21.3 Å². The molecule has 1 heterocycles. The summed E-state index contributed by atoms with van der Waals surface area (Å²) in [5, 5.41) is 12.2. The highest BCUT2D eigenvalue weighted by Crippen LogP contribution is 2.37. The van der Waals surface area contributed by atoms with Crippen LogP contribution in [0.4, 0.5) is 0 Å². The number of hydrogen-bond acceptors (Lipinski definition) is 7. The van der Waals surface area contributed by atoms with E-state index in [1.807, 2.05) is 6.07 Å². The molecule has 1 aliphatic heterocycles. The highest BCUT2D eigenvalue weighted by atomic mass is 32.2. The lowest BCUT2D eigenvalue weighted by molar-refractivity contribution is -0.0948. The van der Waals surface area contributed by atoms with Crippen molar-refractivity contribution in [1.82, 2.24) is 0 Å². The van der Waals surface area contributed by atoms with Crippen molar-refractivity contribution in [2.24, 2.45) is 5.16 Å². The molecule has 1 N–H and O–H groups in total. The minimum Gasteiger partial charge on any atom is -0.411 e. The van der Waals surface area contributed by atoms with E-state index in [-0.39, 0.29) is 26.8 Å². The molecule has 0 saturated carbocycles. The van der Waals surface area contributed by atoms with Crippen molar-refractivity contribution in [1.29, 1.82) is 0 Å². The van der Waals surface area contributed by atoms with Crippen LogP contribution in [0.15, 0.2) is 57.4 Å². The van der Waals surface area contributed by atoms with Crippen LogP contribution in [0.25, 0.3) is 0 Å². The van der Waals surface area contributed by atoms with Gasteiger partial charge in [0.05, 0.1) is 21.1 Å². The van der Waals surface area contributed by atoms with Crippen LogP contribution < -0.4 is 0 Å². The SMILES string of the molecule is COC1(c2cccc(S(=O)(=O)c3ccc(/C(C)=N/O)c(C(C)=O)c3)c2)CCOCC1. The Balaban J connectivity index is 2.08. The van der Waals surface area contributed by atoms with Gasteiger partial charge in [-0.05, 0) is 43.7 Å². The van der Waals surface area contributed by atoms with Crippen LogP contribution in [0.5, 0.6) is 0 Å². The zero-order valence-electron chi connectivity index (χ0n) is 17.2. The third-order valence-corrected chi connectivity index (χ3v) is 7.33. The smallest absolute Gasteiger partial charge is 0.206 e. The largest absolute Gasteiger partial charge is 0.411 e. The van der Waals surface area contributed by atoms with Crippen LogP contribution in [-0.4, -0.2) is 45.4 Å². The van der Waals surface area contributed by atoms with E-state index in [9.17, 15) is 13.2 Å². The fraction of sp³-hybridized carbons (Fsp3) is 0.364. The maximum atomic E-state index is 13.3. The van der Waals surface area contributed by atoms with Crippen molar-refractivity contribution in [3.63, 3.8) is 0 Å². The third-order valence-electron chi connectivity index (χ3n) is 5.58. The van der Waals surface area contributed by atoms with E-state index in [0.29, 0.717) is 31.6 Å². The van der Waals surface area contributed by atoms with E-state index in [0.717, 1.165) is 5.56 Å². The molecule has 1 fully saturated rings. The van der Waals surface area contributed by atoms with Gasteiger partial charge in [-0.1, -0.05) is 23.4 Å². The second kappa shape index (κ2) is 8.67. The van der Waals surface area contributed by atoms with Crippen LogP contribution in [0.2, 0.25) is 0 Å². The topological polar surface area (TPSA) is 102 Å². The minimum atomic E-state index is -3.88. The number of nitrogens with zero attached hydrogens (tertiary/aromatic N) is 1. The lowest BCUT2D eigenvalue weighted by Gasteiger charge is -2.36. The first kappa shape index (κ1) is 22.1. The highest BCUT2D eigenvalue weighted by molar-refractivity contribution is 7.91. The number of carbonyl (C=O) groups excluding carboxylic acids is 1. The van der Waals surface area contributed by atoms with Gasteiger partial charge in [-0.3, -0.25) is 4.79 Å². The second-order valence-corrected chi connectivity index (χ2v) is 9.24. The van der Waals surface area contributed by atoms with E-state index in [1.165, 1.54) is 38.1 Å². The van der Waals surface area contributed by atoms with Crippen molar-refractivity contribution in [2.45, 2.75) is 42.1 Å². The first-order valence-corrected chi connectivity index (χ1v) is 11.1. The van der Waals surface area contributed by atoms with Crippen LogP contribution >= 0.6 is 0 Å². The van der Waals surface area contributed by atoms with Gasteiger partial charge in [0, 0.05) is 44.3 Å². The first-order valence-electron chi connectivity index (χ1n) is 9.58. The maximum absolute atomic E-state index is 13.3. The monoisotopic (exact) mass is 431 g/mol. The van der Waals surface area contributed by atoms with Gasteiger partial charge in [0.25, 0.3) is 0 Å². The first-order chi connectivity index (χ1) is 14.2. The molecule has 30 heavy (non-hydrogen) atoms. The predicted molar refractivity (Wildman–Crippen MR) is 111 cm³/mol. The summed E-state index contributed by atoms with van der Waals surface area (Å²) in [4.78, 5) is 12.2. The van der Waals surface area contributed by atoms with Gasteiger partial charge >= 0.3 is 0 Å². The average molecular weight is 432 g/mol. The number of methoxy groups -OCH3 is 1. The molecule has 2 aromatic carbocycles. The summed E-state index contributed by atoms with van der Waals surface area (Å²) >= 11 is 0. The number of rotatable bonds is 6. The Kier molecular flexibility index (Phi) is 6.40. The Morgan fingerprint density at radius 3 is 2.33 bits per heavy atom. The molecule has 1 saturated heterocycles. The van der Waals surface area contributed by atoms with E-state index in [4.69, 9.17) is 14.7 Å². The summed E-state index contributed by atoms with van der Waals surface area (Å²) < 4.78 is 37.9. The van der Waals surface area contributed by atoms with Gasteiger partial charge in [-0.2, -0.15) is 0 Å². The zero-order chi connectivity index (χ0) is 21.9. The molecule has 8 heteroatoms. The summed E-state index contributed by atoms with van der Waals surface area (Å²) in [6.07, 6.45) is 1.27. The number of Topliss-reactive ketones (excluding diaryl/α,β-unsaturated/α-hetero) is 1. The summed E-state index contributed by atoms with van der Waals surface area (Å²) in [5.41, 5.74) is 0.986. The van der Waals surface area contributed by atoms with Crippen molar-refractivity contribution in [2.75, 3.05) is 20.3 Å². The third kappa shape index (κ3) is 4.03. The molecule has 160 valence electrons. The summed E-state index contributed by atoms with van der Waals surface area (Å²) in [6.45, 7) is 3.96. The van der Waals surface area contributed by atoms with Gasteiger partial charge in [0.15, 0.2) is 5.78 Å². The number of hydrogen-bond donors (Lipinski definition) is 1. The number of sulfone groups is 1. The Morgan fingerprint density at radius 1 is 1.07 bits per heavy atom. The van der Waals surface area contributed by atoms with E-state index < -0.39 is 15.4 Å². The number of ether oxygens (including phenoxy) is 2. The molecule has 3 rings (SSSR count). The van der Waals surface area contributed by atoms with Crippen LogP contribution in [0.1, 0.15) is 48.2 Å². The lowest BCUT2D eigenvalue weighted by Crippen LogP contribution is -2.35. The highest BCUT2D eigenvalue weighted by Gasteiger charge is 2.35. The zero-order valence-corrected chi connectivity index (χ0v) is 18.0. The number of benzene rings is 2. The van der Waals surface area contributed by atoms with Crippen LogP contribution in [0, 0.1) is 0 Å². The van der Waals surface area contributed by atoms with Gasteiger partial charge < -0.3 is 14.7 Å². The molecule has 0 spiro atoms. The van der Waals surface area contributed by atoms with Crippen LogP contribution in [0.3, 0.4) is 0 Å². The molecule has 0 aliphatic carbocycles. The molecule has 0 bridgehead atoms. The van der Waals surface area contributed by atoms with Crippen molar-refractivity contribution in [3.05, 3.63) is 59.2 Å². The van der Waals surface area contributed by atoms with Gasteiger partial charge in [0.1, 0.15) is 0 Å². The molecular formula is C22H25NO6S. The molecule has 0 amide bonds. The second-order valence-electron chi connectivity index (χ2n) is 7.29. The molecule has 7 nitrogen and oxygen atoms in total. The van der Waals surface area contributed by atoms with Crippen molar-refractivity contribution < 1.29 is 27.9 Å². The maximum Gasteiger partial charge on any atom is 0.206 e. The summed E-state index contributed by atoms with van der Waals surface area (Å²) in [5.74, 6) is -0.320. The number of ketones is 1. The van der Waals surface area contributed by atoms with E-state index in [1.54, 1.807) is 19.2 Å². The molecule has 0 unspecified atom stereocenters. The van der Waals surface area contributed by atoms with E-state index in [2.05, 4.69) is 5.16 Å². The lowest BCUT2D eigenvalue weighted by atomic mass is 9.86. The average Bonchev–Trinajstić information content (AvgIpc) is 2.78.